The van der Waals surface area contributed by atoms with Gasteiger partial charge in [-0.1, -0.05) is 12.1 Å². The minimum atomic E-state index is -4.20. The summed E-state index contributed by atoms with van der Waals surface area (Å²) in [6, 6.07) is 5.33. The van der Waals surface area contributed by atoms with Crippen molar-refractivity contribution in [2.45, 2.75) is 38.0 Å². The molecule has 0 amide bonds. The molecule has 0 aliphatic heterocycles. The van der Waals surface area contributed by atoms with E-state index in [1.54, 1.807) is 0 Å². The monoisotopic (exact) mass is 298 g/mol. The lowest BCUT2D eigenvalue weighted by Gasteiger charge is -2.20. The summed E-state index contributed by atoms with van der Waals surface area (Å²) in [5.74, 6) is -0.497. The van der Waals surface area contributed by atoms with E-state index in [0.717, 1.165) is 6.07 Å². The number of alkyl halides is 3. The summed E-state index contributed by atoms with van der Waals surface area (Å²) in [7, 11) is 0. The third-order valence-corrected chi connectivity index (χ3v) is 3.58. The molecule has 19 heavy (non-hydrogen) atoms. The van der Waals surface area contributed by atoms with E-state index >= 15 is 0 Å². The van der Waals surface area contributed by atoms with Crippen molar-refractivity contribution in [2.24, 2.45) is 5.41 Å². The zero-order valence-corrected chi connectivity index (χ0v) is 10.9. The summed E-state index contributed by atoms with van der Waals surface area (Å²) in [6.07, 6.45) is -5.08. The van der Waals surface area contributed by atoms with Crippen molar-refractivity contribution in [3.05, 3.63) is 35.6 Å². The van der Waals surface area contributed by atoms with Gasteiger partial charge in [0.25, 0.3) is 0 Å². The van der Waals surface area contributed by atoms with Crippen LogP contribution in [0.5, 0.6) is 0 Å². The average Bonchev–Trinajstić information content (AvgIpc) is 3.06. The van der Waals surface area contributed by atoms with E-state index in [0.29, 0.717) is 5.56 Å². The van der Waals surface area contributed by atoms with Crippen molar-refractivity contribution >= 4 is 12.4 Å². The molecule has 2 rings (SSSR count). The highest BCUT2D eigenvalue weighted by Gasteiger charge is 2.62. The second kappa shape index (κ2) is 5.67. The molecule has 0 bridgehead atoms. The first kappa shape index (κ1) is 16.2. The number of rotatable bonds is 4. The number of aliphatic hydroxyl groups excluding tert-OH is 1. The molecule has 1 aromatic rings. The predicted molar refractivity (Wildman–Crippen MR) is 65.6 cm³/mol. The second-order valence-electron chi connectivity index (χ2n) is 4.89. The summed E-state index contributed by atoms with van der Waals surface area (Å²) >= 11 is 0. The summed E-state index contributed by atoms with van der Waals surface area (Å²) in [5.41, 5.74) is -1.28. The van der Waals surface area contributed by atoms with Crippen LogP contribution in [0.4, 0.5) is 17.6 Å². The van der Waals surface area contributed by atoms with Crippen LogP contribution in [0.15, 0.2) is 24.3 Å². The van der Waals surface area contributed by atoms with Gasteiger partial charge in [-0.2, -0.15) is 13.2 Å². The Morgan fingerprint density at radius 2 is 1.89 bits per heavy atom. The van der Waals surface area contributed by atoms with Gasteiger partial charge in [-0.3, -0.25) is 0 Å². The Bertz CT molecular complexity index is 429. The molecule has 1 aromatic carbocycles. The van der Waals surface area contributed by atoms with Crippen molar-refractivity contribution in [3.8, 4) is 0 Å². The summed E-state index contributed by atoms with van der Waals surface area (Å²) < 4.78 is 50.9. The zero-order chi connectivity index (χ0) is 13.4. The van der Waals surface area contributed by atoms with Gasteiger partial charge in [-0.15, -0.1) is 12.4 Å². The molecular weight excluding hydrogens is 284 g/mol. The van der Waals surface area contributed by atoms with Crippen LogP contribution >= 0.6 is 12.4 Å². The minimum absolute atomic E-state index is 0. The van der Waals surface area contributed by atoms with Crippen LogP contribution in [0.2, 0.25) is 0 Å². The number of hydrogen-bond donors (Lipinski definition) is 1. The Labute approximate surface area is 115 Å². The van der Waals surface area contributed by atoms with Crippen LogP contribution in [0.25, 0.3) is 0 Å². The van der Waals surface area contributed by atoms with Crippen molar-refractivity contribution < 1.29 is 22.7 Å². The maximum absolute atomic E-state index is 12.9. The third kappa shape index (κ3) is 3.60. The molecule has 1 N–H and O–H groups in total. The molecule has 108 valence electrons. The van der Waals surface area contributed by atoms with E-state index in [1.807, 2.05) is 0 Å². The Morgan fingerprint density at radius 3 is 2.37 bits per heavy atom. The first-order valence-electron chi connectivity index (χ1n) is 5.84. The highest BCUT2D eigenvalue weighted by Crippen LogP contribution is 2.60. The first-order valence-corrected chi connectivity index (χ1v) is 5.84. The molecule has 1 aliphatic carbocycles. The average molecular weight is 299 g/mol. The van der Waals surface area contributed by atoms with Gasteiger partial charge in [0.05, 0.1) is 11.5 Å². The van der Waals surface area contributed by atoms with Gasteiger partial charge in [-0.05, 0) is 43.4 Å². The summed E-state index contributed by atoms with van der Waals surface area (Å²) in [6.45, 7) is 0. The minimum Gasteiger partial charge on any atom is -0.388 e. The van der Waals surface area contributed by atoms with Crippen LogP contribution in [0, 0.1) is 11.2 Å². The molecular formula is C13H15ClF4O. The molecule has 6 heteroatoms. The van der Waals surface area contributed by atoms with Crippen molar-refractivity contribution in [3.63, 3.8) is 0 Å². The highest BCUT2D eigenvalue weighted by atomic mass is 35.5. The maximum atomic E-state index is 12.9. The normalized spacial score (nSPS) is 18.6. The molecule has 1 atom stereocenters. The van der Waals surface area contributed by atoms with Gasteiger partial charge < -0.3 is 5.11 Å². The molecule has 0 aromatic heterocycles. The summed E-state index contributed by atoms with van der Waals surface area (Å²) in [5, 5.41) is 9.77. The highest BCUT2D eigenvalue weighted by molar-refractivity contribution is 5.85. The smallest absolute Gasteiger partial charge is 0.388 e. The number of halogens is 5. The zero-order valence-electron chi connectivity index (χ0n) is 10.1. The lowest BCUT2D eigenvalue weighted by atomic mass is 9.95. The van der Waals surface area contributed by atoms with Gasteiger partial charge in [0.1, 0.15) is 5.82 Å². The van der Waals surface area contributed by atoms with E-state index in [1.165, 1.54) is 18.2 Å². The fourth-order valence-corrected chi connectivity index (χ4v) is 2.12. The van der Waals surface area contributed by atoms with E-state index in [9.17, 15) is 22.7 Å². The molecule has 1 aliphatic rings. The molecule has 0 radical (unpaired) electrons. The van der Waals surface area contributed by atoms with Crippen LogP contribution in [-0.2, 0) is 0 Å². The number of aliphatic hydroxyl groups is 1. The van der Waals surface area contributed by atoms with Gasteiger partial charge in [0, 0.05) is 0 Å². The van der Waals surface area contributed by atoms with E-state index in [4.69, 9.17) is 0 Å². The van der Waals surface area contributed by atoms with Gasteiger partial charge in [0.15, 0.2) is 0 Å². The largest absolute Gasteiger partial charge is 0.394 e. The van der Waals surface area contributed by atoms with Crippen LogP contribution in [0.3, 0.4) is 0 Å². The Balaban J connectivity index is 0.00000180. The topological polar surface area (TPSA) is 20.2 Å². The molecule has 0 unspecified atom stereocenters. The van der Waals surface area contributed by atoms with Gasteiger partial charge >= 0.3 is 6.18 Å². The van der Waals surface area contributed by atoms with Crippen molar-refractivity contribution in [2.75, 3.05) is 0 Å². The van der Waals surface area contributed by atoms with Crippen LogP contribution in [-0.4, -0.2) is 11.3 Å². The molecule has 1 saturated carbocycles. The van der Waals surface area contributed by atoms with E-state index in [2.05, 4.69) is 0 Å². The van der Waals surface area contributed by atoms with Crippen LogP contribution < -0.4 is 0 Å². The Kier molecular flexibility index (Phi) is 4.85. The predicted octanol–water partition coefficient (Wildman–Crippen LogP) is 4.40. The Morgan fingerprint density at radius 1 is 1.26 bits per heavy atom. The second-order valence-corrected chi connectivity index (χ2v) is 4.89. The first-order chi connectivity index (χ1) is 8.34. The summed E-state index contributed by atoms with van der Waals surface area (Å²) in [4.78, 5) is 0. The third-order valence-electron chi connectivity index (χ3n) is 3.58. The lowest BCUT2D eigenvalue weighted by Crippen LogP contribution is -2.25. The molecule has 1 fully saturated rings. The standard InChI is InChI=1S/C13H14F4O.ClH/c14-10-3-1-2-9(8-10)11(18)4-5-12(6-7-12)13(15,16)17;/h1-3,8,11,18H,4-7H2;1H/t11-;/m0./s1. The van der Waals surface area contributed by atoms with Gasteiger partial charge in [0.2, 0.25) is 0 Å². The fraction of sp³-hybridized carbons (Fsp3) is 0.538. The Hall–Kier alpha value is -0.810. The number of hydrogen-bond acceptors (Lipinski definition) is 1. The fourth-order valence-electron chi connectivity index (χ4n) is 2.12. The maximum Gasteiger partial charge on any atom is 0.394 e. The number of benzene rings is 1. The van der Waals surface area contributed by atoms with Crippen molar-refractivity contribution in [1.29, 1.82) is 0 Å². The van der Waals surface area contributed by atoms with E-state index in [-0.39, 0.29) is 38.1 Å². The SMILES string of the molecule is Cl.O[C@@H](CCC1(C(F)(F)F)CC1)c1cccc(F)c1. The van der Waals surface area contributed by atoms with Crippen LogP contribution in [0.1, 0.15) is 37.4 Å². The van der Waals surface area contributed by atoms with Gasteiger partial charge in [-0.25, -0.2) is 4.39 Å². The van der Waals surface area contributed by atoms with Crippen molar-refractivity contribution in [1.82, 2.24) is 0 Å². The molecule has 0 heterocycles. The lowest BCUT2D eigenvalue weighted by molar-refractivity contribution is -0.190. The molecule has 0 saturated heterocycles. The van der Waals surface area contributed by atoms with E-state index < -0.39 is 23.5 Å². The quantitative estimate of drug-likeness (QED) is 0.817. The molecule has 1 nitrogen and oxygen atoms in total. The molecule has 0 spiro atoms.